The van der Waals surface area contributed by atoms with Gasteiger partial charge in [0.15, 0.2) is 0 Å². The number of rotatable bonds is 9. The number of nitrogens with zero attached hydrogens (tertiary/aromatic N) is 2. The largest absolute Gasteiger partial charge is 0.304 e. The molecule has 0 fully saturated rings. The molecule has 0 aromatic carbocycles. The average Bonchev–Trinajstić information content (AvgIpc) is 2.29. The first-order valence-electron chi connectivity index (χ1n) is 5.77. The van der Waals surface area contributed by atoms with Gasteiger partial charge in [-0.3, -0.25) is 0 Å². The van der Waals surface area contributed by atoms with E-state index < -0.39 is 10.0 Å². The zero-order chi connectivity index (χ0) is 12.6. The van der Waals surface area contributed by atoms with E-state index in [0.717, 1.165) is 26.1 Å². The molecule has 0 heterocycles. The van der Waals surface area contributed by atoms with E-state index in [0.29, 0.717) is 13.1 Å². The molecule has 98 valence electrons. The van der Waals surface area contributed by atoms with Crippen LogP contribution >= 0.6 is 15.9 Å². The first-order chi connectivity index (χ1) is 7.51. The van der Waals surface area contributed by atoms with Crippen LogP contribution in [0.4, 0.5) is 0 Å². The van der Waals surface area contributed by atoms with Gasteiger partial charge in [0.05, 0.1) is 0 Å². The van der Waals surface area contributed by atoms with Crippen molar-refractivity contribution in [1.82, 2.24) is 9.21 Å². The number of hydrogen-bond donors (Lipinski definition) is 0. The van der Waals surface area contributed by atoms with Crippen LogP contribution in [0.1, 0.15) is 27.2 Å². The number of hydrogen-bond acceptors (Lipinski definition) is 3. The van der Waals surface area contributed by atoms with Crippen LogP contribution in [0.15, 0.2) is 0 Å². The van der Waals surface area contributed by atoms with Gasteiger partial charge >= 0.3 is 0 Å². The maximum atomic E-state index is 11.6. The highest BCUT2D eigenvalue weighted by Gasteiger charge is 2.18. The molecule has 0 saturated heterocycles. The quantitative estimate of drug-likeness (QED) is 0.608. The lowest BCUT2D eigenvalue weighted by molar-refractivity contribution is 0.285. The molecule has 0 aliphatic heterocycles. The van der Waals surface area contributed by atoms with Gasteiger partial charge in [-0.1, -0.05) is 36.7 Å². The number of halogens is 1. The Balaban J connectivity index is 4.07. The summed E-state index contributed by atoms with van der Waals surface area (Å²) in [5.41, 5.74) is 0. The van der Waals surface area contributed by atoms with Gasteiger partial charge in [0.1, 0.15) is 4.66 Å². The van der Waals surface area contributed by atoms with Gasteiger partial charge in [-0.2, -0.15) is 0 Å². The number of sulfonamides is 1. The maximum Gasteiger partial charge on any atom is 0.224 e. The second-order valence-corrected chi connectivity index (χ2v) is 6.87. The Hall–Kier alpha value is 0.350. The normalized spacial score (nSPS) is 12.6. The van der Waals surface area contributed by atoms with E-state index in [1.54, 1.807) is 0 Å². The third-order valence-corrected chi connectivity index (χ3v) is 5.90. The van der Waals surface area contributed by atoms with Crippen LogP contribution in [-0.4, -0.2) is 55.0 Å². The molecule has 0 aromatic heterocycles. The highest BCUT2D eigenvalue weighted by molar-refractivity contribution is 9.10. The van der Waals surface area contributed by atoms with Crippen molar-refractivity contribution in [3.05, 3.63) is 0 Å². The topological polar surface area (TPSA) is 40.6 Å². The third-order valence-electron chi connectivity index (χ3n) is 2.66. The van der Waals surface area contributed by atoms with Crippen molar-refractivity contribution in [1.29, 1.82) is 0 Å². The SMILES string of the molecule is CCN(CC)CCCN(CC)S(=O)(=O)CBr. The molecule has 0 N–H and O–H groups in total. The second-order valence-electron chi connectivity index (χ2n) is 3.59. The van der Waals surface area contributed by atoms with Crippen LogP contribution < -0.4 is 0 Å². The molecule has 0 aliphatic rings. The average molecular weight is 315 g/mol. The van der Waals surface area contributed by atoms with E-state index in [4.69, 9.17) is 0 Å². The Morgan fingerprint density at radius 2 is 1.56 bits per heavy atom. The van der Waals surface area contributed by atoms with E-state index in [1.807, 2.05) is 6.92 Å². The Morgan fingerprint density at radius 1 is 1.00 bits per heavy atom. The standard InChI is InChI=1S/C10H23BrN2O2S/c1-4-12(5-2)8-7-9-13(6-3)16(14,15)10-11/h4-10H2,1-3H3. The Bertz CT molecular complexity index is 266. The van der Waals surface area contributed by atoms with Gasteiger partial charge in [-0.25, -0.2) is 12.7 Å². The minimum Gasteiger partial charge on any atom is -0.304 e. The lowest BCUT2D eigenvalue weighted by Gasteiger charge is -2.22. The molecule has 0 atom stereocenters. The van der Waals surface area contributed by atoms with Crippen molar-refractivity contribution in [2.24, 2.45) is 0 Å². The van der Waals surface area contributed by atoms with Crippen molar-refractivity contribution in [3.63, 3.8) is 0 Å². The van der Waals surface area contributed by atoms with Crippen LogP contribution in [-0.2, 0) is 10.0 Å². The molecule has 0 rings (SSSR count). The minimum atomic E-state index is -3.09. The van der Waals surface area contributed by atoms with Crippen molar-refractivity contribution in [2.45, 2.75) is 27.2 Å². The summed E-state index contributed by atoms with van der Waals surface area (Å²) in [5, 5.41) is 0. The van der Waals surface area contributed by atoms with Gasteiger partial charge in [0.2, 0.25) is 10.0 Å². The predicted molar refractivity (Wildman–Crippen MR) is 72.4 cm³/mol. The van der Waals surface area contributed by atoms with Crippen molar-refractivity contribution >= 4 is 26.0 Å². The second kappa shape index (κ2) is 8.44. The molecule has 0 saturated carbocycles. The summed E-state index contributed by atoms with van der Waals surface area (Å²) in [5.74, 6) is 0. The number of alkyl halides is 1. The lowest BCUT2D eigenvalue weighted by atomic mass is 10.3. The zero-order valence-corrected chi connectivity index (χ0v) is 12.8. The molecule has 0 spiro atoms. The molecule has 0 aliphatic carbocycles. The third kappa shape index (κ3) is 5.61. The van der Waals surface area contributed by atoms with Gasteiger partial charge in [-0.15, -0.1) is 0 Å². The molecule has 0 bridgehead atoms. The van der Waals surface area contributed by atoms with Crippen molar-refractivity contribution in [2.75, 3.05) is 37.4 Å². The highest BCUT2D eigenvalue weighted by atomic mass is 79.9. The van der Waals surface area contributed by atoms with Crippen LogP contribution in [0.2, 0.25) is 0 Å². The zero-order valence-electron chi connectivity index (χ0n) is 10.4. The Labute approximate surface area is 108 Å². The van der Waals surface area contributed by atoms with Crippen LogP contribution in [0.3, 0.4) is 0 Å². The van der Waals surface area contributed by atoms with Crippen LogP contribution in [0, 0.1) is 0 Å². The van der Waals surface area contributed by atoms with Gasteiger partial charge in [-0.05, 0) is 26.1 Å². The van der Waals surface area contributed by atoms with E-state index in [1.165, 1.54) is 4.31 Å². The molecule has 0 unspecified atom stereocenters. The molecule has 6 heteroatoms. The minimum absolute atomic E-state index is 0.0130. The smallest absolute Gasteiger partial charge is 0.224 e. The molecule has 0 amide bonds. The summed E-state index contributed by atoms with van der Waals surface area (Å²) < 4.78 is 24.8. The molecule has 0 aromatic rings. The fourth-order valence-corrected chi connectivity index (χ4v) is 3.38. The molecular weight excluding hydrogens is 292 g/mol. The maximum absolute atomic E-state index is 11.6. The molecular formula is C10H23BrN2O2S. The Kier molecular flexibility index (Phi) is 8.63. The van der Waals surface area contributed by atoms with Gasteiger partial charge in [0.25, 0.3) is 0 Å². The highest BCUT2D eigenvalue weighted by Crippen LogP contribution is 2.06. The van der Waals surface area contributed by atoms with Crippen molar-refractivity contribution < 1.29 is 8.42 Å². The first-order valence-corrected chi connectivity index (χ1v) is 8.50. The fraction of sp³-hybridized carbons (Fsp3) is 1.00. The van der Waals surface area contributed by atoms with E-state index in [2.05, 4.69) is 34.7 Å². The van der Waals surface area contributed by atoms with Gasteiger partial charge < -0.3 is 4.90 Å². The van der Waals surface area contributed by atoms with E-state index in [9.17, 15) is 8.42 Å². The van der Waals surface area contributed by atoms with E-state index >= 15 is 0 Å². The fourth-order valence-electron chi connectivity index (χ4n) is 1.57. The predicted octanol–water partition coefficient (Wildman–Crippen LogP) is 1.72. The van der Waals surface area contributed by atoms with Crippen LogP contribution in [0.5, 0.6) is 0 Å². The van der Waals surface area contributed by atoms with Crippen LogP contribution in [0.25, 0.3) is 0 Å². The first kappa shape index (κ1) is 16.4. The Morgan fingerprint density at radius 3 is 1.94 bits per heavy atom. The summed E-state index contributed by atoms with van der Waals surface area (Å²) in [7, 11) is -3.09. The van der Waals surface area contributed by atoms with E-state index in [-0.39, 0.29) is 4.66 Å². The summed E-state index contributed by atoms with van der Waals surface area (Å²) >= 11 is 3.02. The molecule has 4 nitrogen and oxygen atoms in total. The summed E-state index contributed by atoms with van der Waals surface area (Å²) in [6.45, 7) is 10.3. The summed E-state index contributed by atoms with van der Waals surface area (Å²) in [6.07, 6.45) is 0.891. The van der Waals surface area contributed by atoms with Gasteiger partial charge in [0, 0.05) is 13.1 Å². The monoisotopic (exact) mass is 314 g/mol. The lowest BCUT2D eigenvalue weighted by Crippen LogP contribution is -2.34. The summed E-state index contributed by atoms with van der Waals surface area (Å²) in [6, 6.07) is 0. The summed E-state index contributed by atoms with van der Waals surface area (Å²) in [4.78, 5) is 2.30. The van der Waals surface area contributed by atoms with Crippen molar-refractivity contribution in [3.8, 4) is 0 Å². The molecule has 16 heavy (non-hydrogen) atoms. The molecule has 0 radical (unpaired) electrons.